The molecule has 0 bridgehead atoms. The van der Waals surface area contributed by atoms with Crippen LogP contribution in [-0.4, -0.2) is 13.1 Å². The van der Waals surface area contributed by atoms with Crippen molar-refractivity contribution >= 4 is 5.69 Å². The third kappa shape index (κ3) is 3.02. The Balaban J connectivity index is 3.25. The van der Waals surface area contributed by atoms with Gasteiger partial charge in [-0.25, -0.2) is 4.39 Å². The SMILES string of the molecule is CCC(CC)N(C)c1cc(C)c(F)cc1[C@H](C)N. The molecule has 0 saturated heterocycles. The van der Waals surface area contributed by atoms with Gasteiger partial charge in [-0.1, -0.05) is 13.8 Å². The summed E-state index contributed by atoms with van der Waals surface area (Å²) in [6.07, 6.45) is 2.14. The molecular weight excluding hydrogens is 227 g/mol. The van der Waals surface area contributed by atoms with Crippen LogP contribution in [0.3, 0.4) is 0 Å². The molecule has 1 aromatic rings. The van der Waals surface area contributed by atoms with Gasteiger partial charge in [-0.2, -0.15) is 0 Å². The molecule has 18 heavy (non-hydrogen) atoms. The summed E-state index contributed by atoms with van der Waals surface area (Å²) < 4.78 is 13.7. The summed E-state index contributed by atoms with van der Waals surface area (Å²) in [7, 11) is 2.07. The predicted octanol–water partition coefficient (Wildman–Crippen LogP) is 3.78. The van der Waals surface area contributed by atoms with Crippen molar-refractivity contribution in [1.29, 1.82) is 0 Å². The Kier molecular flexibility index (Phi) is 5.15. The molecular formula is C15H25FN2. The molecule has 0 fully saturated rings. The summed E-state index contributed by atoms with van der Waals surface area (Å²) in [4.78, 5) is 2.23. The monoisotopic (exact) mass is 252 g/mol. The van der Waals surface area contributed by atoms with Gasteiger partial charge in [0.15, 0.2) is 0 Å². The highest BCUT2D eigenvalue weighted by Crippen LogP contribution is 2.29. The Bertz CT molecular complexity index is 398. The maximum Gasteiger partial charge on any atom is 0.126 e. The zero-order valence-corrected chi connectivity index (χ0v) is 12.1. The van der Waals surface area contributed by atoms with Gasteiger partial charge in [-0.05, 0) is 49.9 Å². The van der Waals surface area contributed by atoms with Crippen molar-refractivity contribution in [2.45, 2.75) is 52.6 Å². The number of hydrogen-bond acceptors (Lipinski definition) is 2. The van der Waals surface area contributed by atoms with Gasteiger partial charge >= 0.3 is 0 Å². The summed E-state index contributed by atoms with van der Waals surface area (Å²) in [6, 6.07) is 3.79. The van der Waals surface area contributed by atoms with Gasteiger partial charge in [0.1, 0.15) is 5.82 Å². The molecule has 0 aromatic heterocycles. The van der Waals surface area contributed by atoms with Gasteiger partial charge < -0.3 is 10.6 Å². The quantitative estimate of drug-likeness (QED) is 0.864. The lowest BCUT2D eigenvalue weighted by atomic mass is 10.0. The Morgan fingerprint density at radius 2 is 1.83 bits per heavy atom. The number of halogens is 1. The van der Waals surface area contributed by atoms with Gasteiger partial charge in [0, 0.05) is 24.8 Å². The highest BCUT2D eigenvalue weighted by molar-refractivity contribution is 5.57. The lowest BCUT2D eigenvalue weighted by molar-refractivity contribution is 0.582. The Morgan fingerprint density at radius 1 is 1.28 bits per heavy atom. The third-order valence-electron chi connectivity index (χ3n) is 3.67. The molecule has 1 aromatic carbocycles. The van der Waals surface area contributed by atoms with Crippen molar-refractivity contribution in [2.75, 3.05) is 11.9 Å². The molecule has 102 valence electrons. The minimum Gasteiger partial charge on any atom is -0.371 e. The van der Waals surface area contributed by atoms with Crippen LogP contribution in [0, 0.1) is 12.7 Å². The van der Waals surface area contributed by atoms with Crippen LogP contribution in [0.25, 0.3) is 0 Å². The van der Waals surface area contributed by atoms with E-state index in [1.807, 2.05) is 13.0 Å². The zero-order chi connectivity index (χ0) is 13.9. The Labute approximate surface area is 110 Å². The first-order valence-electron chi connectivity index (χ1n) is 6.70. The first-order valence-corrected chi connectivity index (χ1v) is 6.70. The van der Waals surface area contributed by atoms with Crippen LogP contribution < -0.4 is 10.6 Å². The summed E-state index contributed by atoms with van der Waals surface area (Å²) in [5.41, 5.74) is 8.57. The summed E-state index contributed by atoms with van der Waals surface area (Å²) >= 11 is 0. The topological polar surface area (TPSA) is 29.3 Å². The molecule has 2 N–H and O–H groups in total. The summed E-state index contributed by atoms with van der Waals surface area (Å²) in [5.74, 6) is -0.177. The number of hydrogen-bond donors (Lipinski definition) is 1. The van der Waals surface area contributed by atoms with Crippen LogP contribution in [0.2, 0.25) is 0 Å². The van der Waals surface area contributed by atoms with Crippen molar-refractivity contribution in [2.24, 2.45) is 5.73 Å². The first kappa shape index (κ1) is 15.0. The van der Waals surface area contributed by atoms with E-state index in [1.165, 1.54) is 0 Å². The average Bonchev–Trinajstić information content (AvgIpc) is 2.33. The standard InChI is InChI=1S/C15H25FN2/c1-6-12(7-2)18(5)15-8-10(3)14(16)9-13(15)11(4)17/h8-9,11-12H,6-7,17H2,1-5H3/t11-/m0/s1. The van der Waals surface area contributed by atoms with Gasteiger partial charge in [0.2, 0.25) is 0 Å². The summed E-state index contributed by atoms with van der Waals surface area (Å²) in [5, 5.41) is 0. The largest absolute Gasteiger partial charge is 0.371 e. The molecule has 0 aliphatic carbocycles. The molecule has 0 spiro atoms. The maximum atomic E-state index is 13.7. The van der Waals surface area contributed by atoms with Crippen LogP contribution >= 0.6 is 0 Å². The van der Waals surface area contributed by atoms with Crippen LogP contribution in [0.1, 0.15) is 50.8 Å². The number of benzene rings is 1. The van der Waals surface area contributed by atoms with Gasteiger partial charge in [0.25, 0.3) is 0 Å². The molecule has 0 saturated carbocycles. The van der Waals surface area contributed by atoms with Crippen LogP contribution in [0.5, 0.6) is 0 Å². The number of anilines is 1. The lowest BCUT2D eigenvalue weighted by Gasteiger charge is -2.31. The molecule has 1 rings (SSSR count). The predicted molar refractivity (Wildman–Crippen MR) is 76.5 cm³/mol. The molecule has 1 atom stereocenters. The Hall–Kier alpha value is -1.09. The van der Waals surface area contributed by atoms with Crippen LogP contribution in [0.15, 0.2) is 12.1 Å². The fraction of sp³-hybridized carbons (Fsp3) is 0.600. The average molecular weight is 252 g/mol. The number of rotatable bonds is 5. The van der Waals surface area contributed by atoms with E-state index in [0.29, 0.717) is 11.6 Å². The second-order valence-corrected chi connectivity index (χ2v) is 5.03. The van der Waals surface area contributed by atoms with E-state index in [2.05, 4.69) is 25.8 Å². The number of aryl methyl sites for hydroxylation is 1. The van der Waals surface area contributed by atoms with E-state index in [4.69, 9.17) is 5.73 Å². The molecule has 0 heterocycles. The highest BCUT2D eigenvalue weighted by Gasteiger charge is 2.18. The first-order chi connectivity index (χ1) is 8.42. The highest BCUT2D eigenvalue weighted by atomic mass is 19.1. The van der Waals surface area contributed by atoms with Crippen molar-refractivity contribution in [3.63, 3.8) is 0 Å². The van der Waals surface area contributed by atoms with E-state index >= 15 is 0 Å². The van der Waals surface area contributed by atoms with E-state index in [1.54, 1.807) is 13.0 Å². The van der Waals surface area contributed by atoms with Crippen LogP contribution in [-0.2, 0) is 0 Å². The molecule has 0 aliphatic rings. The van der Waals surface area contributed by atoms with Crippen molar-refractivity contribution in [3.05, 3.63) is 29.1 Å². The van der Waals surface area contributed by atoms with E-state index in [9.17, 15) is 4.39 Å². The van der Waals surface area contributed by atoms with Crippen molar-refractivity contribution in [1.82, 2.24) is 0 Å². The molecule has 0 aliphatic heterocycles. The van der Waals surface area contributed by atoms with Gasteiger partial charge in [0.05, 0.1) is 0 Å². The second kappa shape index (κ2) is 6.19. The molecule has 0 unspecified atom stereocenters. The molecule has 0 amide bonds. The van der Waals surface area contributed by atoms with Crippen LogP contribution in [0.4, 0.5) is 10.1 Å². The molecule has 3 heteroatoms. The van der Waals surface area contributed by atoms with Crippen molar-refractivity contribution < 1.29 is 4.39 Å². The molecule has 0 radical (unpaired) electrons. The van der Waals surface area contributed by atoms with E-state index < -0.39 is 0 Å². The minimum absolute atomic E-state index is 0.160. The second-order valence-electron chi connectivity index (χ2n) is 5.03. The zero-order valence-electron chi connectivity index (χ0n) is 12.1. The van der Waals surface area contributed by atoms with Crippen molar-refractivity contribution in [3.8, 4) is 0 Å². The smallest absolute Gasteiger partial charge is 0.126 e. The maximum absolute atomic E-state index is 13.7. The minimum atomic E-state index is -0.177. The lowest BCUT2D eigenvalue weighted by Crippen LogP contribution is -2.32. The van der Waals surface area contributed by atoms with E-state index in [-0.39, 0.29) is 11.9 Å². The normalized spacial score (nSPS) is 12.9. The fourth-order valence-electron chi connectivity index (χ4n) is 2.38. The van der Waals surface area contributed by atoms with Gasteiger partial charge in [-0.15, -0.1) is 0 Å². The third-order valence-corrected chi connectivity index (χ3v) is 3.67. The van der Waals surface area contributed by atoms with Gasteiger partial charge in [-0.3, -0.25) is 0 Å². The molecule has 2 nitrogen and oxygen atoms in total. The van der Waals surface area contributed by atoms with E-state index in [0.717, 1.165) is 24.1 Å². The fourth-order valence-corrected chi connectivity index (χ4v) is 2.38. The summed E-state index contributed by atoms with van der Waals surface area (Å²) in [6.45, 7) is 8.04. The number of nitrogens with two attached hydrogens (primary N) is 1. The Morgan fingerprint density at radius 3 is 2.28 bits per heavy atom. The number of nitrogens with zero attached hydrogens (tertiary/aromatic N) is 1.